The van der Waals surface area contributed by atoms with Crippen LogP contribution in [0.5, 0.6) is 0 Å². The second-order valence-electron chi connectivity index (χ2n) is 8.26. The van der Waals surface area contributed by atoms with Crippen molar-refractivity contribution in [1.82, 2.24) is 0 Å². The van der Waals surface area contributed by atoms with Gasteiger partial charge in [0.05, 0.1) is 11.5 Å². The zero-order chi connectivity index (χ0) is 20.3. The molecule has 9 heteroatoms. The Balaban J connectivity index is 1.61. The van der Waals surface area contributed by atoms with E-state index in [1.54, 1.807) is 39.8 Å². The van der Waals surface area contributed by atoms with Crippen LogP contribution in [0.2, 0.25) is 0 Å². The molecule has 4 rings (SSSR count). The van der Waals surface area contributed by atoms with Gasteiger partial charge in [-0.2, -0.15) is 8.42 Å². The lowest BCUT2D eigenvalue weighted by Crippen LogP contribution is -2.45. The summed E-state index contributed by atoms with van der Waals surface area (Å²) in [5.74, 6) is -1.69. The highest BCUT2D eigenvalue weighted by atomic mass is 32.2. The van der Waals surface area contributed by atoms with Crippen LogP contribution >= 0.6 is 0 Å². The summed E-state index contributed by atoms with van der Waals surface area (Å²) in [6.45, 7) is 9.20. The van der Waals surface area contributed by atoms with Crippen molar-refractivity contribution in [3.8, 4) is 0 Å². The van der Waals surface area contributed by atoms with Gasteiger partial charge in [0.1, 0.15) is 24.4 Å². The van der Waals surface area contributed by atoms with E-state index in [9.17, 15) is 8.42 Å². The first-order valence-electron chi connectivity index (χ1n) is 9.29. The Bertz CT molecular complexity index is 832. The lowest BCUT2D eigenvalue weighted by molar-refractivity contribution is -0.230. The van der Waals surface area contributed by atoms with Crippen molar-refractivity contribution in [3.05, 3.63) is 29.8 Å². The van der Waals surface area contributed by atoms with Gasteiger partial charge in [-0.3, -0.25) is 4.18 Å². The van der Waals surface area contributed by atoms with E-state index < -0.39 is 52.4 Å². The predicted molar refractivity (Wildman–Crippen MR) is 96.8 cm³/mol. The molecule has 3 heterocycles. The molecule has 0 aromatic heterocycles. The number of fused-ring (bicyclic) bond motifs is 1. The fourth-order valence-corrected chi connectivity index (χ4v) is 4.79. The monoisotopic (exact) mass is 414 g/mol. The topological polar surface area (TPSA) is 89.5 Å². The van der Waals surface area contributed by atoms with Crippen molar-refractivity contribution in [1.29, 1.82) is 0 Å². The molecule has 0 amide bonds. The molecule has 0 unspecified atom stereocenters. The van der Waals surface area contributed by atoms with Crippen molar-refractivity contribution < 1.29 is 36.3 Å². The summed E-state index contributed by atoms with van der Waals surface area (Å²) in [7, 11) is -4.04. The predicted octanol–water partition coefficient (Wildman–Crippen LogP) is 2.10. The van der Waals surface area contributed by atoms with Gasteiger partial charge in [0.25, 0.3) is 10.1 Å². The van der Waals surface area contributed by atoms with E-state index in [1.807, 2.05) is 6.92 Å². The van der Waals surface area contributed by atoms with Crippen LogP contribution in [0.3, 0.4) is 0 Å². The van der Waals surface area contributed by atoms with Crippen LogP contribution in [-0.4, -0.2) is 57.3 Å². The molecule has 0 N–H and O–H groups in total. The van der Waals surface area contributed by atoms with Gasteiger partial charge in [-0.15, -0.1) is 0 Å². The average molecular weight is 414 g/mol. The van der Waals surface area contributed by atoms with Gasteiger partial charge in [-0.25, -0.2) is 0 Å². The van der Waals surface area contributed by atoms with Crippen molar-refractivity contribution in [2.24, 2.45) is 0 Å². The van der Waals surface area contributed by atoms with Crippen molar-refractivity contribution >= 4 is 10.1 Å². The van der Waals surface area contributed by atoms with Gasteiger partial charge in [-0.05, 0) is 46.8 Å². The normalized spacial score (nSPS) is 36.5. The smallest absolute Gasteiger partial charge is 0.297 e. The minimum atomic E-state index is -4.04. The highest BCUT2D eigenvalue weighted by Gasteiger charge is 2.60. The average Bonchev–Trinajstić information content (AvgIpc) is 3.18. The van der Waals surface area contributed by atoms with Crippen molar-refractivity contribution in [2.75, 3.05) is 6.61 Å². The lowest BCUT2D eigenvalue weighted by Gasteiger charge is -2.28. The van der Waals surface area contributed by atoms with Crippen LogP contribution in [0.4, 0.5) is 0 Å². The molecule has 28 heavy (non-hydrogen) atoms. The zero-order valence-electron chi connectivity index (χ0n) is 16.6. The molecule has 0 aliphatic carbocycles. The molecule has 3 saturated heterocycles. The maximum Gasteiger partial charge on any atom is 0.297 e. The van der Waals surface area contributed by atoms with Crippen LogP contribution < -0.4 is 0 Å². The molecule has 5 atom stereocenters. The van der Waals surface area contributed by atoms with Gasteiger partial charge in [0.15, 0.2) is 17.9 Å². The fraction of sp³-hybridized carbons (Fsp3) is 0.684. The Kier molecular flexibility index (Phi) is 4.86. The highest BCUT2D eigenvalue weighted by Crippen LogP contribution is 2.42. The van der Waals surface area contributed by atoms with Crippen LogP contribution in [0.1, 0.15) is 33.3 Å². The van der Waals surface area contributed by atoms with Gasteiger partial charge in [0.2, 0.25) is 0 Å². The summed E-state index contributed by atoms with van der Waals surface area (Å²) < 4.78 is 60.5. The molecule has 3 aliphatic rings. The highest BCUT2D eigenvalue weighted by molar-refractivity contribution is 7.86. The SMILES string of the molecule is Cc1ccc(S(=O)(=O)O[C@H]2[C@@H]3OC(C)(C)O[C@H]3O[C@H]2[C@H]2COC(C)(C)O2)cc1. The Morgan fingerprint density at radius 1 is 0.964 bits per heavy atom. The zero-order valence-corrected chi connectivity index (χ0v) is 17.4. The van der Waals surface area contributed by atoms with Crippen molar-refractivity contribution in [2.45, 2.75) is 81.8 Å². The number of rotatable bonds is 4. The first-order valence-corrected chi connectivity index (χ1v) is 10.7. The molecule has 8 nitrogen and oxygen atoms in total. The van der Waals surface area contributed by atoms with Crippen LogP contribution in [0.15, 0.2) is 29.2 Å². The number of hydrogen-bond acceptors (Lipinski definition) is 8. The summed E-state index contributed by atoms with van der Waals surface area (Å²) in [4.78, 5) is 0.0717. The minimum absolute atomic E-state index is 0.0717. The Hall–Kier alpha value is -1.07. The molecular weight excluding hydrogens is 388 g/mol. The number of hydrogen-bond donors (Lipinski definition) is 0. The maximum absolute atomic E-state index is 12.9. The maximum atomic E-state index is 12.9. The molecule has 3 fully saturated rings. The van der Waals surface area contributed by atoms with Gasteiger partial charge >= 0.3 is 0 Å². The third kappa shape index (κ3) is 3.85. The standard InChI is InChI=1S/C19H26O8S/c1-11-6-8-12(9-7-11)28(20,21)27-15-14(13-10-22-18(2,3)24-13)23-17-16(15)25-19(4,5)26-17/h6-9,13-17H,10H2,1-5H3/t13-,14+,15-,16+,17-/m1/s1. The fourth-order valence-electron chi connectivity index (χ4n) is 3.70. The summed E-state index contributed by atoms with van der Waals surface area (Å²) in [5.41, 5.74) is 0.953. The molecule has 0 bridgehead atoms. The van der Waals surface area contributed by atoms with Crippen molar-refractivity contribution in [3.63, 3.8) is 0 Å². The molecule has 0 saturated carbocycles. The number of ether oxygens (including phenoxy) is 5. The third-order valence-corrected chi connectivity index (χ3v) is 6.30. The van der Waals surface area contributed by atoms with Crippen LogP contribution in [-0.2, 0) is 38.0 Å². The Morgan fingerprint density at radius 2 is 1.64 bits per heavy atom. The quantitative estimate of drug-likeness (QED) is 0.692. The third-order valence-electron chi connectivity index (χ3n) is 4.97. The van der Waals surface area contributed by atoms with E-state index in [0.29, 0.717) is 0 Å². The van der Waals surface area contributed by atoms with E-state index in [1.165, 1.54) is 12.1 Å². The van der Waals surface area contributed by atoms with E-state index in [0.717, 1.165) is 5.56 Å². The molecule has 1 aromatic carbocycles. The van der Waals surface area contributed by atoms with E-state index in [-0.39, 0.29) is 11.5 Å². The lowest BCUT2D eigenvalue weighted by atomic mass is 10.1. The minimum Gasteiger partial charge on any atom is -0.348 e. The second-order valence-corrected chi connectivity index (χ2v) is 9.84. The molecular formula is C19H26O8S. The van der Waals surface area contributed by atoms with Crippen LogP contribution in [0.25, 0.3) is 0 Å². The Labute approximate surface area is 165 Å². The van der Waals surface area contributed by atoms with Gasteiger partial charge in [0, 0.05) is 0 Å². The summed E-state index contributed by atoms with van der Waals surface area (Å²) >= 11 is 0. The number of aryl methyl sites for hydroxylation is 1. The van der Waals surface area contributed by atoms with Gasteiger partial charge in [-0.1, -0.05) is 17.7 Å². The molecule has 1 aromatic rings. The van der Waals surface area contributed by atoms with Gasteiger partial charge < -0.3 is 23.7 Å². The largest absolute Gasteiger partial charge is 0.348 e. The first-order chi connectivity index (χ1) is 13.0. The number of benzene rings is 1. The summed E-state index contributed by atoms with van der Waals surface area (Å²) in [6, 6.07) is 6.47. The summed E-state index contributed by atoms with van der Waals surface area (Å²) in [5, 5.41) is 0. The van der Waals surface area contributed by atoms with Crippen LogP contribution in [0, 0.1) is 6.92 Å². The molecule has 0 spiro atoms. The van der Waals surface area contributed by atoms with E-state index in [4.69, 9.17) is 27.9 Å². The van der Waals surface area contributed by atoms with E-state index in [2.05, 4.69) is 0 Å². The molecule has 3 aliphatic heterocycles. The molecule has 0 radical (unpaired) electrons. The first kappa shape index (κ1) is 20.2. The second kappa shape index (κ2) is 6.73. The molecule has 156 valence electrons. The Morgan fingerprint density at radius 3 is 2.25 bits per heavy atom. The van der Waals surface area contributed by atoms with E-state index >= 15 is 0 Å². The summed E-state index contributed by atoms with van der Waals surface area (Å²) in [6.07, 6.45) is -3.60.